The molecule has 0 amide bonds. The maximum absolute atomic E-state index is 11.3. The Morgan fingerprint density at radius 2 is 1.84 bits per heavy atom. The Bertz CT molecular complexity index is 526. The first kappa shape index (κ1) is 15.9. The summed E-state index contributed by atoms with van der Waals surface area (Å²) in [6, 6.07) is 17.5. The maximum Gasteiger partial charge on any atom is 0.310 e. The van der Waals surface area contributed by atoms with Crippen LogP contribution in [-0.4, -0.2) is 13.1 Å². The summed E-state index contributed by atoms with van der Waals surface area (Å²) in [4.78, 5) is 11.3. The zero-order valence-electron chi connectivity index (χ0n) is 10.6. The fourth-order valence-corrected chi connectivity index (χ4v) is 1.54. The van der Waals surface area contributed by atoms with Gasteiger partial charge in [-0.3, -0.25) is 4.79 Å². The SMILES string of the molecule is COC(=O)Cc1ccccc1Oc1cc[c-]cc1.[Y]. The Hall–Kier alpha value is -1.19. The van der Waals surface area contributed by atoms with Crippen LogP contribution in [0, 0.1) is 6.07 Å². The molecular formula is C15H13O3Y-. The van der Waals surface area contributed by atoms with Crippen molar-refractivity contribution in [1.82, 2.24) is 0 Å². The molecule has 0 spiro atoms. The molecule has 0 aliphatic heterocycles. The molecule has 0 atom stereocenters. The molecule has 2 rings (SSSR count). The second kappa shape index (κ2) is 8.08. The number of esters is 1. The van der Waals surface area contributed by atoms with Crippen LogP contribution in [-0.2, 0) is 48.7 Å². The van der Waals surface area contributed by atoms with Crippen molar-refractivity contribution in [2.45, 2.75) is 6.42 Å². The smallest absolute Gasteiger partial charge is 0.310 e. The van der Waals surface area contributed by atoms with Crippen molar-refractivity contribution in [2.75, 3.05) is 7.11 Å². The first-order chi connectivity index (χ1) is 8.79. The van der Waals surface area contributed by atoms with Gasteiger partial charge in [-0.1, -0.05) is 18.2 Å². The van der Waals surface area contributed by atoms with Gasteiger partial charge in [0.15, 0.2) is 0 Å². The number of methoxy groups -OCH3 is 1. The van der Waals surface area contributed by atoms with Crippen LogP contribution in [0.1, 0.15) is 5.56 Å². The van der Waals surface area contributed by atoms with Gasteiger partial charge in [0.05, 0.1) is 13.5 Å². The Balaban J connectivity index is 0.00000180. The second-order valence-corrected chi connectivity index (χ2v) is 3.70. The van der Waals surface area contributed by atoms with Crippen LogP contribution in [0.25, 0.3) is 0 Å². The third kappa shape index (κ3) is 4.77. The first-order valence-corrected chi connectivity index (χ1v) is 5.58. The van der Waals surface area contributed by atoms with Crippen molar-refractivity contribution in [3.63, 3.8) is 0 Å². The molecule has 1 radical (unpaired) electrons. The van der Waals surface area contributed by atoms with E-state index in [4.69, 9.17) is 4.74 Å². The molecule has 2 aromatic carbocycles. The van der Waals surface area contributed by atoms with E-state index in [9.17, 15) is 4.79 Å². The summed E-state index contributed by atoms with van der Waals surface area (Å²) >= 11 is 0. The number of hydrogen-bond acceptors (Lipinski definition) is 3. The Labute approximate surface area is 137 Å². The third-order valence-electron chi connectivity index (χ3n) is 2.45. The van der Waals surface area contributed by atoms with E-state index in [0.29, 0.717) is 11.5 Å². The molecule has 0 bridgehead atoms. The van der Waals surface area contributed by atoms with E-state index >= 15 is 0 Å². The summed E-state index contributed by atoms with van der Waals surface area (Å²) in [5, 5.41) is 0. The quantitative estimate of drug-likeness (QED) is 0.639. The summed E-state index contributed by atoms with van der Waals surface area (Å²) in [7, 11) is 1.37. The van der Waals surface area contributed by atoms with E-state index in [0.717, 1.165) is 5.56 Å². The fourth-order valence-electron chi connectivity index (χ4n) is 1.54. The Morgan fingerprint density at radius 3 is 2.53 bits per heavy atom. The van der Waals surface area contributed by atoms with Gasteiger partial charge in [-0.25, -0.2) is 0 Å². The predicted molar refractivity (Wildman–Crippen MR) is 67.5 cm³/mol. The van der Waals surface area contributed by atoms with Crippen molar-refractivity contribution in [3.05, 3.63) is 60.2 Å². The molecule has 0 fully saturated rings. The van der Waals surface area contributed by atoms with E-state index in [1.807, 2.05) is 36.4 Å². The average molecular weight is 330 g/mol. The largest absolute Gasteiger partial charge is 0.483 e. The van der Waals surface area contributed by atoms with Crippen LogP contribution in [0.4, 0.5) is 0 Å². The van der Waals surface area contributed by atoms with Gasteiger partial charge < -0.3 is 9.47 Å². The van der Waals surface area contributed by atoms with E-state index in [2.05, 4.69) is 10.8 Å². The second-order valence-electron chi connectivity index (χ2n) is 3.70. The minimum absolute atomic E-state index is 0. The summed E-state index contributed by atoms with van der Waals surface area (Å²) in [6.07, 6.45) is 0.200. The van der Waals surface area contributed by atoms with Gasteiger partial charge in [0.25, 0.3) is 0 Å². The normalized spacial score (nSPS) is 9.32. The van der Waals surface area contributed by atoms with Crippen molar-refractivity contribution in [1.29, 1.82) is 0 Å². The van der Waals surface area contributed by atoms with Crippen LogP contribution in [0.2, 0.25) is 0 Å². The number of carbonyl (C=O) groups excluding carboxylic acids is 1. The van der Waals surface area contributed by atoms with Crippen molar-refractivity contribution >= 4 is 5.97 Å². The molecule has 0 aromatic heterocycles. The Morgan fingerprint density at radius 1 is 1.16 bits per heavy atom. The minimum Gasteiger partial charge on any atom is -0.483 e. The first-order valence-electron chi connectivity index (χ1n) is 5.58. The van der Waals surface area contributed by atoms with Gasteiger partial charge in [0, 0.05) is 44.0 Å². The molecule has 0 aliphatic rings. The van der Waals surface area contributed by atoms with E-state index in [1.165, 1.54) is 7.11 Å². The van der Waals surface area contributed by atoms with Crippen LogP contribution in [0.15, 0.2) is 48.5 Å². The van der Waals surface area contributed by atoms with E-state index in [1.54, 1.807) is 12.1 Å². The van der Waals surface area contributed by atoms with Gasteiger partial charge in [0.2, 0.25) is 0 Å². The van der Waals surface area contributed by atoms with Crippen LogP contribution < -0.4 is 4.74 Å². The van der Waals surface area contributed by atoms with Gasteiger partial charge >= 0.3 is 5.97 Å². The fraction of sp³-hybridized carbons (Fsp3) is 0.133. The molecular weight excluding hydrogens is 317 g/mol. The average Bonchev–Trinajstić information content (AvgIpc) is 2.42. The maximum atomic E-state index is 11.3. The molecule has 0 unspecified atom stereocenters. The topological polar surface area (TPSA) is 35.5 Å². The molecule has 2 aromatic rings. The molecule has 3 nitrogen and oxygen atoms in total. The molecule has 0 saturated heterocycles. The number of carbonyl (C=O) groups is 1. The number of ether oxygens (including phenoxy) is 2. The van der Waals surface area contributed by atoms with Crippen molar-refractivity contribution < 1.29 is 47.0 Å². The molecule has 95 valence electrons. The van der Waals surface area contributed by atoms with Gasteiger partial charge in [-0.2, -0.15) is 18.2 Å². The number of hydrogen-bond donors (Lipinski definition) is 0. The van der Waals surface area contributed by atoms with E-state index in [-0.39, 0.29) is 45.1 Å². The van der Waals surface area contributed by atoms with Crippen molar-refractivity contribution in [2.24, 2.45) is 0 Å². The predicted octanol–water partition coefficient (Wildman–Crippen LogP) is 2.99. The Kier molecular flexibility index (Phi) is 6.75. The molecule has 4 heteroatoms. The molecule has 0 aliphatic carbocycles. The van der Waals surface area contributed by atoms with Crippen LogP contribution >= 0.6 is 0 Å². The van der Waals surface area contributed by atoms with E-state index < -0.39 is 0 Å². The minimum atomic E-state index is -0.285. The van der Waals surface area contributed by atoms with Crippen LogP contribution in [0.3, 0.4) is 0 Å². The van der Waals surface area contributed by atoms with Gasteiger partial charge in [0.1, 0.15) is 5.75 Å². The summed E-state index contributed by atoms with van der Waals surface area (Å²) in [5.41, 5.74) is 0.803. The van der Waals surface area contributed by atoms with Gasteiger partial charge in [-0.05, 0) is 6.07 Å². The van der Waals surface area contributed by atoms with Crippen molar-refractivity contribution in [3.8, 4) is 11.5 Å². The zero-order valence-corrected chi connectivity index (χ0v) is 13.5. The zero-order chi connectivity index (χ0) is 12.8. The standard InChI is InChI=1S/C15H13O3.Y/c1-17-15(16)11-12-7-5-6-10-14(12)18-13-8-3-2-4-9-13;/h3-10H,11H2,1H3;/q-1;. The summed E-state index contributed by atoms with van der Waals surface area (Å²) in [6.45, 7) is 0. The van der Waals surface area contributed by atoms with Gasteiger partial charge in [-0.15, -0.1) is 12.1 Å². The monoisotopic (exact) mass is 330 g/mol. The number of rotatable bonds is 4. The summed E-state index contributed by atoms with van der Waals surface area (Å²) < 4.78 is 10.4. The third-order valence-corrected chi connectivity index (χ3v) is 2.45. The molecule has 19 heavy (non-hydrogen) atoms. The number of para-hydroxylation sites is 1. The van der Waals surface area contributed by atoms with Crippen LogP contribution in [0.5, 0.6) is 11.5 Å². The number of benzene rings is 2. The summed E-state index contributed by atoms with van der Waals surface area (Å²) in [5.74, 6) is 1.09. The molecule has 0 N–H and O–H groups in total. The molecule has 0 heterocycles. The molecule has 0 saturated carbocycles.